The topological polar surface area (TPSA) is 49.8 Å². The third-order valence-corrected chi connectivity index (χ3v) is 4.39. The molecule has 0 atom stereocenters. The Morgan fingerprint density at radius 1 is 1.48 bits per heavy atom. The maximum atomic E-state index is 12.4. The Kier molecular flexibility index (Phi) is 6.24. The Balaban J connectivity index is 1.91. The average molecular weight is 307 g/mol. The molecule has 0 bridgehead atoms. The van der Waals surface area contributed by atoms with Gasteiger partial charge in [-0.1, -0.05) is 11.8 Å². The zero-order valence-corrected chi connectivity index (χ0v) is 13.1. The molecule has 2 heterocycles. The predicted molar refractivity (Wildman–Crippen MR) is 83.5 cm³/mol. The number of carbonyl (C=O) groups is 1. The minimum atomic E-state index is 0.0684. The first-order valence-electron chi connectivity index (χ1n) is 7.35. The summed E-state index contributed by atoms with van der Waals surface area (Å²) in [6, 6.07) is 3.71. The van der Waals surface area contributed by atoms with Crippen LogP contribution in [0, 0.1) is 11.8 Å². The minimum Gasteiger partial charge on any atom is -0.395 e. The smallest absolute Gasteiger partial charge is 0.263 e. The van der Waals surface area contributed by atoms with Crippen molar-refractivity contribution in [2.24, 2.45) is 0 Å². The first-order chi connectivity index (χ1) is 10.2. The maximum Gasteiger partial charge on any atom is 0.263 e. The van der Waals surface area contributed by atoms with Crippen molar-refractivity contribution in [1.82, 2.24) is 4.90 Å². The van der Waals surface area contributed by atoms with Crippen molar-refractivity contribution in [1.29, 1.82) is 0 Å². The Hall–Kier alpha value is -1.35. The molecule has 1 amide bonds. The van der Waals surface area contributed by atoms with Crippen LogP contribution in [0.3, 0.4) is 0 Å². The molecule has 1 aliphatic heterocycles. The first-order valence-corrected chi connectivity index (χ1v) is 8.16. The summed E-state index contributed by atoms with van der Waals surface area (Å²) in [6.07, 6.45) is 2.58. The van der Waals surface area contributed by atoms with Gasteiger partial charge in [-0.15, -0.1) is 11.3 Å². The molecule has 1 aliphatic rings. The molecule has 0 aromatic carbocycles. The summed E-state index contributed by atoms with van der Waals surface area (Å²) in [7, 11) is 0. The highest BCUT2D eigenvalue weighted by Gasteiger charge is 2.24. The Morgan fingerprint density at radius 2 is 2.24 bits per heavy atom. The van der Waals surface area contributed by atoms with Crippen LogP contribution in [0.5, 0.6) is 0 Å². The lowest BCUT2D eigenvalue weighted by molar-refractivity contribution is 0.0147. The molecule has 0 radical (unpaired) electrons. The molecule has 0 aliphatic carbocycles. The normalized spacial score (nSPS) is 15.6. The van der Waals surface area contributed by atoms with E-state index < -0.39 is 0 Å². The summed E-state index contributed by atoms with van der Waals surface area (Å²) >= 11 is 1.42. The van der Waals surface area contributed by atoms with Gasteiger partial charge in [0.25, 0.3) is 5.91 Å². The van der Waals surface area contributed by atoms with E-state index in [4.69, 9.17) is 9.84 Å². The fourth-order valence-electron chi connectivity index (χ4n) is 2.34. The van der Waals surface area contributed by atoms with Crippen molar-refractivity contribution in [3.8, 4) is 11.8 Å². The lowest BCUT2D eigenvalue weighted by atomic mass is 10.1. The second kappa shape index (κ2) is 8.18. The number of aliphatic hydroxyl groups is 1. The number of carbonyl (C=O) groups excluding carboxylic acids is 1. The number of nitrogens with zero attached hydrogens (tertiary/aromatic N) is 1. The molecule has 1 fully saturated rings. The average Bonchev–Trinajstić information content (AvgIpc) is 2.97. The zero-order chi connectivity index (χ0) is 15.1. The van der Waals surface area contributed by atoms with Gasteiger partial charge in [-0.3, -0.25) is 4.79 Å². The van der Waals surface area contributed by atoms with E-state index in [2.05, 4.69) is 11.8 Å². The number of hydrogen-bond donors (Lipinski definition) is 1. The molecule has 5 heteroatoms. The van der Waals surface area contributed by atoms with Gasteiger partial charge in [0, 0.05) is 26.1 Å². The van der Waals surface area contributed by atoms with Gasteiger partial charge in [0.2, 0.25) is 0 Å². The molecule has 1 aromatic rings. The highest BCUT2D eigenvalue weighted by Crippen LogP contribution is 2.21. The summed E-state index contributed by atoms with van der Waals surface area (Å²) in [5.41, 5.74) is 0. The predicted octanol–water partition coefficient (Wildman–Crippen LogP) is 2.12. The molecule has 1 aromatic heterocycles. The van der Waals surface area contributed by atoms with E-state index in [1.165, 1.54) is 11.3 Å². The van der Waals surface area contributed by atoms with Crippen LogP contribution in [0.25, 0.3) is 0 Å². The van der Waals surface area contributed by atoms with E-state index in [1.54, 1.807) is 0 Å². The molecule has 2 rings (SSSR count). The van der Waals surface area contributed by atoms with E-state index in [9.17, 15) is 4.79 Å². The fourth-order valence-corrected chi connectivity index (χ4v) is 3.19. The third-order valence-electron chi connectivity index (χ3n) is 3.40. The molecule has 0 unspecified atom stereocenters. The fraction of sp³-hybridized carbons (Fsp3) is 0.562. The summed E-state index contributed by atoms with van der Waals surface area (Å²) in [5, 5.41) is 8.70. The summed E-state index contributed by atoms with van der Waals surface area (Å²) in [6.45, 7) is 4.32. The molecule has 4 nitrogen and oxygen atoms in total. The second-order valence-corrected chi connectivity index (χ2v) is 5.97. The lowest BCUT2D eigenvalue weighted by Crippen LogP contribution is -2.40. The summed E-state index contributed by atoms with van der Waals surface area (Å²) in [4.78, 5) is 15.9. The van der Waals surface area contributed by atoms with E-state index >= 15 is 0 Å². The standard InChI is InChI=1S/C16H21NO3S/c1-2-20-13-8-10-17(11-9-13)16(19)15-7-6-14(21-15)5-3-4-12-18/h6-7,13,18H,2,4,8-12H2,1H3. The summed E-state index contributed by atoms with van der Waals surface area (Å²) < 4.78 is 5.60. The van der Waals surface area contributed by atoms with Crippen LogP contribution in [0.4, 0.5) is 0 Å². The monoisotopic (exact) mass is 307 g/mol. The van der Waals surface area contributed by atoms with E-state index in [1.807, 2.05) is 24.0 Å². The van der Waals surface area contributed by atoms with Crippen LogP contribution in [0.2, 0.25) is 0 Å². The van der Waals surface area contributed by atoms with Crippen LogP contribution in [-0.4, -0.2) is 48.3 Å². The molecule has 0 spiro atoms. The number of thiophene rings is 1. The third kappa shape index (κ3) is 4.57. The molecule has 114 valence electrons. The van der Waals surface area contributed by atoms with Crippen molar-refractivity contribution in [2.75, 3.05) is 26.3 Å². The van der Waals surface area contributed by atoms with Gasteiger partial charge in [0.15, 0.2) is 0 Å². The highest BCUT2D eigenvalue weighted by atomic mass is 32.1. The Bertz CT molecular complexity index is 521. The molecule has 21 heavy (non-hydrogen) atoms. The van der Waals surface area contributed by atoms with Crippen molar-refractivity contribution < 1.29 is 14.6 Å². The molecular formula is C16H21NO3S. The first kappa shape index (κ1) is 16.0. The van der Waals surface area contributed by atoms with Crippen LogP contribution in [0.1, 0.15) is 40.7 Å². The van der Waals surface area contributed by atoms with Gasteiger partial charge in [-0.05, 0) is 31.9 Å². The van der Waals surface area contributed by atoms with Crippen molar-refractivity contribution in [3.63, 3.8) is 0 Å². The molecule has 0 saturated carbocycles. The number of rotatable bonds is 4. The van der Waals surface area contributed by atoms with Crippen LogP contribution in [-0.2, 0) is 4.74 Å². The lowest BCUT2D eigenvalue weighted by Gasteiger charge is -2.31. The van der Waals surface area contributed by atoms with E-state index in [0.29, 0.717) is 12.5 Å². The van der Waals surface area contributed by atoms with E-state index in [0.717, 1.165) is 42.3 Å². The Labute approximate surface area is 129 Å². The van der Waals surface area contributed by atoms with Crippen molar-refractivity contribution in [2.45, 2.75) is 32.3 Å². The quantitative estimate of drug-likeness (QED) is 0.867. The second-order valence-electron chi connectivity index (χ2n) is 4.89. The van der Waals surface area contributed by atoms with Crippen LogP contribution in [0.15, 0.2) is 12.1 Å². The SMILES string of the molecule is CCOC1CCN(C(=O)c2ccc(C#CCCO)s2)CC1. The van der Waals surface area contributed by atoms with Gasteiger partial charge >= 0.3 is 0 Å². The van der Waals surface area contributed by atoms with Crippen molar-refractivity contribution in [3.05, 3.63) is 21.9 Å². The van der Waals surface area contributed by atoms with Gasteiger partial charge in [0.1, 0.15) is 0 Å². The van der Waals surface area contributed by atoms with Crippen molar-refractivity contribution >= 4 is 17.2 Å². The highest BCUT2D eigenvalue weighted by molar-refractivity contribution is 7.14. The number of piperidine rings is 1. The molecule has 1 saturated heterocycles. The Morgan fingerprint density at radius 3 is 2.90 bits per heavy atom. The van der Waals surface area contributed by atoms with Gasteiger partial charge in [-0.25, -0.2) is 0 Å². The number of likely N-dealkylation sites (tertiary alicyclic amines) is 1. The summed E-state index contributed by atoms with van der Waals surface area (Å²) in [5.74, 6) is 5.93. The molecular weight excluding hydrogens is 286 g/mol. The number of hydrogen-bond acceptors (Lipinski definition) is 4. The number of ether oxygens (including phenoxy) is 1. The number of aliphatic hydroxyl groups excluding tert-OH is 1. The maximum absolute atomic E-state index is 12.4. The minimum absolute atomic E-state index is 0.0684. The van der Waals surface area contributed by atoms with E-state index in [-0.39, 0.29) is 12.5 Å². The largest absolute Gasteiger partial charge is 0.395 e. The zero-order valence-electron chi connectivity index (χ0n) is 12.3. The van der Waals surface area contributed by atoms with Crippen LogP contribution < -0.4 is 0 Å². The van der Waals surface area contributed by atoms with Gasteiger partial charge < -0.3 is 14.7 Å². The molecule has 1 N–H and O–H groups in total. The van der Waals surface area contributed by atoms with Gasteiger partial charge in [0.05, 0.1) is 22.5 Å². The van der Waals surface area contributed by atoms with Gasteiger partial charge in [-0.2, -0.15) is 0 Å². The van der Waals surface area contributed by atoms with Crippen LogP contribution >= 0.6 is 11.3 Å². The number of amides is 1.